The van der Waals surface area contributed by atoms with Crippen LogP contribution in [-0.2, 0) is 4.74 Å². The molecule has 4 heteroatoms. The number of aromatic nitrogens is 1. The average molecular weight is 353 g/mol. The van der Waals surface area contributed by atoms with Gasteiger partial charge in [0.2, 0.25) is 0 Å². The number of rotatable bonds is 11. The number of ether oxygens (including phenoxy) is 1. The van der Waals surface area contributed by atoms with Crippen molar-refractivity contribution in [2.75, 3.05) is 6.61 Å². The van der Waals surface area contributed by atoms with Gasteiger partial charge in [-0.15, -0.1) is 12.3 Å². The van der Waals surface area contributed by atoms with E-state index >= 15 is 0 Å². The smallest absolute Gasteiger partial charge is 0.339 e. The highest BCUT2D eigenvalue weighted by Crippen LogP contribution is 2.17. The minimum atomic E-state index is -0.307. The lowest BCUT2D eigenvalue weighted by molar-refractivity contribution is 0.0498. The molecular formula is C22H27NO3. The van der Waals surface area contributed by atoms with Crippen molar-refractivity contribution >= 4 is 5.97 Å². The standard InChI is InChI=1S/C22H27NO3/c1-2-3-4-5-6-7-8-9-10-16-26-22(25)19-14-15-23(18-19)20-12-11-13-21(24)17-20/h1,11-15,17-18,24H,3-10,16H2. The Labute approximate surface area is 155 Å². The van der Waals surface area contributed by atoms with Gasteiger partial charge >= 0.3 is 5.97 Å². The molecule has 26 heavy (non-hydrogen) atoms. The second-order valence-electron chi connectivity index (χ2n) is 6.39. The van der Waals surface area contributed by atoms with Crippen LogP contribution in [0, 0.1) is 12.3 Å². The number of carbonyl (C=O) groups excluding carboxylic acids is 1. The van der Waals surface area contributed by atoms with Crippen molar-refractivity contribution in [1.82, 2.24) is 4.57 Å². The number of phenolic OH excluding ortho intramolecular Hbond substituents is 1. The first kappa shape index (κ1) is 19.7. The molecule has 0 unspecified atom stereocenters. The number of benzene rings is 1. The SMILES string of the molecule is C#CCCCCCCCCCOC(=O)c1ccn(-c2cccc(O)c2)c1. The van der Waals surface area contributed by atoms with E-state index in [1.807, 2.05) is 6.07 Å². The predicted molar refractivity (Wildman–Crippen MR) is 103 cm³/mol. The van der Waals surface area contributed by atoms with Crippen LogP contribution in [0.1, 0.15) is 61.7 Å². The van der Waals surface area contributed by atoms with Crippen LogP contribution in [0.5, 0.6) is 5.75 Å². The number of hydrogen-bond donors (Lipinski definition) is 1. The van der Waals surface area contributed by atoms with Gasteiger partial charge in [0.15, 0.2) is 0 Å². The maximum absolute atomic E-state index is 12.1. The van der Waals surface area contributed by atoms with E-state index < -0.39 is 0 Å². The van der Waals surface area contributed by atoms with E-state index in [1.165, 1.54) is 25.7 Å². The molecule has 1 N–H and O–H groups in total. The Kier molecular flexibility index (Phi) is 8.35. The third-order valence-electron chi connectivity index (χ3n) is 4.26. The van der Waals surface area contributed by atoms with Gasteiger partial charge in [-0.1, -0.05) is 38.2 Å². The van der Waals surface area contributed by atoms with Gasteiger partial charge in [0.05, 0.1) is 12.2 Å². The first-order valence-corrected chi connectivity index (χ1v) is 9.28. The van der Waals surface area contributed by atoms with Crippen LogP contribution in [0.25, 0.3) is 5.69 Å². The highest BCUT2D eigenvalue weighted by atomic mass is 16.5. The summed E-state index contributed by atoms with van der Waals surface area (Å²) in [6, 6.07) is 8.60. The molecule has 0 amide bonds. The summed E-state index contributed by atoms with van der Waals surface area (Å²) >= 11 is 0. The maximum atomic E-state index is 12.1. The molecule has 0 bridgehead atoms. The van der Waals surface area contributed by atoms with E-state index in [1.54, 1.807) is 41.2 Å². The molecule has 138 valence electrons. The number of esters is 1. The summed E-state index contributed by atoms with van der Waals surface area (Å²) in [5.74, 6) is 2.55. The normalized spacial score (nSPS) is 10.4. The molecule has 0 aliphatic rings. The van der Waals surface area contributed by atoms with Gasteiger partial charge in [0, 0.05) is 30.6 Å². The fourth-order valence-electron chi connectivity index (χ4n) is 2.79. The second-order valence-corrected chi connectivity index (χ2v) is 6.39. The van der Waals surface area contributed by atoms with Crippen molar-refractivity contribution in [2.45, 2.75) is 51.4 Å². The van der Waals surface area contributed by atoms with Crippen LogP contribution in [-0.4, -0.2) is 22.2 Å². The third kappa shape index (κ3) is 6.68. The minimum Gasteiger partial charge on any atom is -0.508 e. The van der Waals surface area contributed by atoms with Crippen LogP contribution in [0.3, 0.4) is 0 Å². The Balaban J connectivity index is 1.62. The van der Waals surface area contributed by atoms with E-state index in [0.29, 0.717) is 12.2 Å². The zero-order valence-corrected chi connectivity index (χ0v) is 15.2. The number of terminal acetylenes is 1. The average Bonchev–Trinajstić information content (AvgIpc) is 3.13. The summed E-state index contributed by atoms with van der Waals surface area (Å²) in [6.45, 7) is 0.452. The molecule has 0 radical (unpaired) electrons. The molecule has 2 rings (SSSR count). The molecule has 2 aromatic rings. The highest BCUT2D eigenvalue weighted by Gasteiger charge is 2.09. The van der Waals surface area contributed by atoms with E-state index in [-0.39, 0.29) is 11.7 Å². The molecule has 1 aromatic carbocycles. The molecule has 0 aliphatic carbocycles. The van der Waals surface area contributed by atoms with E-state index in [2.05, 4.69) is 5.92 Å². The quantitative estimate of drug-likeness (QED) is 0.348. The molecule has 1 aromatic heterocycles. The van der Waals surface area contributed by atoms with Gasteiger partial charge in [-0.2, -0.15) is 0 Å². The third-order valence-corrected chi connectivity index (χ3v) is 4.26. The van der Waals surface area contributed by atoms with Gasteiger partial charge in [0.25, 0.3) is 0 Å². The van der Waals surface area contributed by atoms with Crippen LogP contribution >= 0.6 is 0 Å². The summed E-state index contributed by atoms with van der Waals surface area (Å²) in [6.07, 6.45) is 17.5. The molecule has 0 saturated carbocycles. The summed E-state index contributed by atoms with van der Waals surface area (Å²) in [7, 11) is 0. The zero-order valence-electron chi connectivity index (χ0n) is 15.2. The summed E-state index contributed by atoms with van der Waals surface area (Å²) in [5, 5.41) is 9.54. The summed E-state index contributed by atoms with van der Waals surface area (Å²) in [5.41, 5.74) is 1.31. The zero-order chi connectivity index (χ0) is 18.6. The number of carbonyl (C=O) groups is 1. The Bertz CT molecular complexity index is 727. The lowest BCUT2D eigenvalue weighted by atomic mass is 10.1. The number of aromatic hydroxyl groups is 1. The van der Waals surface area contributed by atoms with Crippen molar-refractivity contribution in [2.24, 2.45) is 0 Å². The number of unbranched alkanes of at least 4 members (excludes halogenated alkanes) is 7. The molecule has 1 heterocycles. The lowest BCUT2D eigenvalue weighted by Crippen LogP contribution is -2.05. The van der Waals surface area contributed by atoms with Crippen molar-refractivity contribution < 1.29 is 14.6 Å². The highest BCUT2D eigenvalue weighted by molar-refractivity contribution is 5.89. The van der Waals surface area contributed by atoms with Crippen molar-refractivity contribution in [3.05, 3.63) is 48.3 Å². The number of phenols is 1. The number of hydrogen-bond acceptors (Lipinski definition) is 3. The predicted octanol–water partition coefficient (Wildman–Crippen LogP) is 5.09. The fourth-order valence-corrected chi connectivity index (χ4v) is 2.79. The topological polar surface area (TPSA) is 51.5 Å². The molecule has 0 fully saturated rings. The Hall–Kier alpha value is -2.67. The maximum Gasteiger partial charge on any atom is 0.339 e. The summed E-state index contributed by atoms with van der Waals surface area (Å²) < 4.78 is 7.13. The minimum absolute atomic E-state index is 0.191. The van der Waals surface area contributed by atoms with Crippen molar-refractivity contribution in [3.8, 4) is 23.8 Å². The fraction of sp³-hybridized carbons (Fsp3) is 0.409. The Morgan fingerprint density at radius 3 is 2.54 bits per heavy atom. The van der Waals surface area contributed by atoms with Gasteiger partial charge < -0.3 is 14.4 Å². The Morgan fingerprint density at radius 1 is 1.08 bits per heavy atom. The largest absolute Gasteiger partial charge is 0.508 e. The molecule has 0 atom stereocenters. The van der Waals surface area contributed by atoms with Crippen molar-refractivity contribution in [1.29, 1.82) is 0 Å². The van der Waals surface area contributed by atoms with Gasteiger partial charge in [-0.05, 0) is 31.0 Å². The molecule has 0 saturated heterocycles. The van der Waals surface area contributed by atoms with Crippen LogP contribution in [0.4, 0.5) is 0 Å². The van der Waals surface area contributed by atoms with E-state index in [9.17, 15) is 9.90 Å². The molecular weight excluding hydrogens is 326 g/mol. The molecule has 0 spiro atoms. The van der Waals surface area contributed by atoms with E-state index in [4.69, 9.17) is 11.2 Å². The molecule has 0 aliphatic heterocycles. The van der Waals surface area contributed by atoms with Crippen LogP contribution in [0.15, 0.2) is 42.7 Å². The van der Waals surface area contributed by atoms with E-state index in [0.717, 1.165) is 31.4 Å². The van der Waals surface area contributed by atoms with Gasteiger partial charge in [-0.25, -0.2) is 4.79 Å². The second kappa shape index (κ2) is 11.0. The monoisotopic (exact) mass is 353 g/mol. The number of nitrogens with zero attached hydrogens (tertiary/aromatic N) is 1. The van der Waals surface area contributed by atoms with Crippen LogP contribution in [0.2, 0.25) is 0 Å². The van der Waals surface area contributed by atoms with Gasteiger partial charge in [0.1, 0.15) is 5.75 Å². The molecule has 4 nitrogen and oxygen atoms in total. The Morgan fingerprint density at radius 2 is 1.81 bits per heavy atom. The summed E-state index contributed by atoms with van der Waals surface area (Å²) in [4.78, 5) is 12.1. The lowest BCUT2D eigenvalue weighted by Gasteiger charge is -2.04. The first-order chi connectivity index (χ1) is 12.7. The van der Waals surface area contributed by atoms with Crippen molar-refractivity contribution in [3.63, 3.8) is 0 Å². The first-order valence-electron chi connectivity index (χ1n) is 9.28. The van der Waals surface area contributed by atoms with Gasteiger partial charge in [-0.3, -0.25) is 0 Å². The van der Waals surface area contributed by atoms with Crippen LogP contribution < -0.4 is 0 Å².